The molecular weight excluding hydrogens is 370 g/mol. The van der Waals surface area contributed by atoms with Crippen molar-refractivity contribution in [3.63, 3.8) is 0 Å². The van der Waals surface area contributed by atoms with E-state index in [-0.39, 0.29) is 28.1 Å². The average Bonchev–Trinajstić information content (AvgIpc) is 3.22. The van der Waals surface area contributed by atoms with Gasteiger partial charge in [-0.1, -0.05) is 32.9 Å². The number of imidazole rings is 1. The fraction of sp³-hybridized carbons (Fsp3) is 0.238. The standard InChI is InChI=1S/C21H21N5O3/c1-11-5-10-14(29-11)18-23-15(17(22)27)16-19(25-18)26(20(28)24-16)13-8-6-12(7-9-13)21(2,3)4/h5-10H,1-4H3,(H2,22,27)(H,24,28). The Hall–Kier alpha value is -3.68. The molecule has 0 aliphatic rings. The molecule has 4 aromatic rings. The predicted molar refractivity (Wildman–Crippen MR) is 109 cm³/mol. The summed E-state index contributed by atoms with van der Waals surface area (Å²) in [5.41, 5.74) is 7.18. The van der Waals surface area contributed by atoms with Gasteiger partial charge in [-0.2, -0.15) is 0 Å². The minimum Gasteiger partial charge on any atom is -0.458 e. The lowest BCUT2D eigenvalue weighted by Crippen LogP contribution is -2.16. The summed E-state index contributed by atoms with van der Waals surface area (Å²) in [7, 11) is 0. The van der Waals surface area contributed by atoms with Crippen LogP contribution in [0, 0.1) is 6.92 Å². The molecule has 148 valence electrons. The number of hydrogen-bond acceptors (Lipinski definition) is 5. The monoisotopic (exact) mass is 391 g/mol. The molecule has 0 spiro atoms. The Morgan fingerprint density at radius 1 is 1.10 bits per heavy atom. The SMILES string of the molecule is Cc1ccc(-c2nc(C(N)=O)c3[nH]c(=O)n(-c4ccc(C(C)(C)C)cc4)c3n2)o1. The summed E-state index contributed by atoms with van der Waals surface area (Å²) in [6.45, 7) is 8.14. The third-order valence-electron chi connectivity index (χ3n) is 4.72. The Kier molecular flexibility index (Phi) is 4.15. The molecule has 0 radical (unpaired) electrons. The van der Waals surface area contributed by atoms with Crippen molar-refractivity contribution in [2.45, 2.75) is 33.1 Å². The van der Waals surface area contributed by atoms with E-state index < -0.39 is 11.6 Å². The van der Waals surface area contributed by atoms with Gasteiger partial charge < -0.3 is 15.1 Å². The molecule has 0 aliphatic heterocycles. The molecule has 29 heavy (non-hydrogen) atoms. The zero-order valence-electron chi connectivity index (χ0n) is 16.6. The van der Waals surface area contributed by atoms with Crippen LogP contribution in [0.25, 0.3) is 28.4 Å². The summed E-state index contributed by atoms with van der Waals surface area (Å²) in [6, 6.07) is 11.1. The maximum absolute atomic E-state index is 12.7. The molecule has 0 saturated carbocycles. The summed E-state index contributed by atoms with van der Waals surface area (Å²) in [5, 5.41) is 0. The van der Waals surface area contributed by atoms with E-state index in [9.17, 15) is 9.59 Å². The van der Waals surface area contributed by atoms with E-state index >= 15 is 0 Å². The minimum absolute atomic E-state index is 0.0185. The topological polar surface area (TPSA) is 120 Å². The lowest BCUT2D eigenvalue weighted by atomic mass is 9.87. The Bertz CT molecular complexity index is 1290. The van der Waals surface area contributed by atoms with Crippen molar-refractivity contribution >= 4 is 17.1 Å². The van der Waals surface area contributed by atoms with Gasteiger partial charge >= 0.3 is 5.69 Å². The summed E-state index contributed by atoms with van der Waals surface area (Å²) in [5.74, 6) is 0.473. The van der Waals surface area contributed by atoms with Crippen molar-refractivity contribution < 1.29 is 9.21 Å². The minimum atomic E-state index is -0.765. The number of aromatic amines is 1. The highest BCUT2D eigenvalue weighted by Gasteiger charge is 2.21. The zero-order chi connectivity index (χ0) is 20.9. The quantitative estimate of drug-likeness (QED) is 0.556. The number of rotatable bonds is 3. The van der Waals surface area contributed by atoms with Crippen LogP contribution < -0.4 is 11.4 Å². The van der Waals surface area contributed by atoms with E-state index in [1.807, 2.05) is 24.3 Å². The second kappa shape index (κ2) is 6.44. The lowest BCUT2D eigenvalue weighted by molar-refractivity contribution is 0.0997. The number of aryl methyl sites for hydroxylation is 1. The number of amides is 1. The third-order valence-corrected chi connectivity index (χ3v) is 4.72. The fourth-order valence-electron chi connectivity index (χ4n) is 3.18. The molecule has 1 aromatic carbocycles. The van der Waals surface area contributed by atoms with Crippen LogP contribution >= 0.6 is 0 Å². The van der Waals surface area contributed by atoms with Crippen LogP contribution in [0.1, 0.15) is 42.6 Å². The van der Waals surface area contributed by atoms with E-state index in [0.717, 1.165) is 5.56 Å². The van der Waals surface area contributed by atoms with E-state index in [2.05, 4.69) is 35.7 Å². The largest absolute Gasteiger partial charge is 0.458 e. The second-order valence-electron chi connectivity index (χ2n) is 7.93. The van der Waals surface area contributed by atoms with Gasteiger partial charge in [0, 0.05) is 0 Å². The highest BCUT2D eigenvalue weighted by atomic mass is 16.3. The molecule has 0 unspecified atom stereocenters. The summed E-state index contributed by atoms with van der Waals surface area (Å²) in [6.07, 6.45) is 0. The maximum atomic E-state index is 12.7. The van der Waals surface area contributed by atoms with Crippen molar-refractivity contribution in [3.05, 3.63) is 63.9 Å². The first-order valence-electron chi connectivity index (χ1n) is 9.15. The van der Waals surface area contributed by atoms with Gasteiger partial charge in [0.15, 0.2) is 22.9 Å². The molecule has 0 fully saturated rings. The average molecular weight is 391 g/mol. The molecule has 3 heterocycles. The highest BCUT2D eigenvalue weighted by Crippen LogP contribution is 2.26. The number of nitrogens with zero attached hydrogens (tertiary/aromatic N) is 3. The number of H-pyrrole nitrogens is 1. The summed E-state index contributed by atoms with van der Waals surface area (Å²) in [4.78, 5) is 36.1. The number of nitrogens with one attached hydrogen (secondary N) is 1. The smallest absolute Gasteiger partial charge is 0.332 e. The van der Waals surface area contributed by atoms with Crippen LogP contribution in [0.3, 0.4) is 0 Å². The lowest BCUT2D eigenvalue weighted by Gasteiger charge is -2.19. The molecule has 8 heteroatoms. The van der Waals surface area contributed by atoms with Gasteiger partial charge in [-0.05, 0) is 42.2 Å². The maximum Gasteiger partial charge on any atom is 0.332 e. The molecule has 0 atom stereocenters. The number of carbonyl (C=O) groups is 1. The van der Waals surface area contributed by atoms with E-state index in [1.165, 1.54) is 4.57 Å². The molecule has 0 bridgehead atoms. The van der Waals surface area contributed by atoms with Crippen molar-refractivity contribution in [2.24, 2.45) is 5.73 Å². The summed E-state index contributed by atoms with van der Waals surface area (Å²) < 4.78 is 6.98. The molecule has 0 aliphatic carbocycles. The third kappa shape index (κ3) is 3.22. The van der Waals surface area contributed by atoms with Crippen LogP contribution in [0.15, 0.2) is 45.6 Å². The number of hydrogen-bond donors (Lipinski definition) is 2. The number of primary amides is 1. The van der Waals surface area contributed by atoms with E-state index in [4.69, 9.17) is 10.2 Å². The van der Waals surface area contributed by atoms with Crippen LogP contribution in [0.2, 0.25) is 0 Å². The van der Waals surface area contributed by atoms with Gasteiger partial charge in [0.2, 0.25) is 0 Å². The van der Waals surface area contributed by atoms with Crippen LogP contribution in [0.5, 0.6) is 0 Å². The number of aromatic nitrogens is 4. The first kappa shape index (κ1) is 18.7. The van der Waals surface area contributed by atoms with E-state index in [0.29, 0.717) is 17.2 Å². The van der Waals surface area contributed by atoms with Gasteiger partial charge in [0.25, 0.3) is 5.91 Å². The first-order valence-corrected chi connectivity index (χ1v) is 9.15. The van der Waals surface area contributed by atoms with Gasteiger partial charge in [-0.3, -0.25) is 4.79 Å². The Balaban J connectivity index is 1.97. The fourth-order valence-corrected chi connectivity index (χ4v) is 3.18. The molecule has 8 nitrogen and oxygen atoms in total. The molecule has 3 N–H and O–H groups in total. The van der Waals surface area contributed by atoms with Crippen molar-refractivity contribution in [1.29, 1.82) is 0 Å². The Morgan fingerprint density at radius 2 is 1.79 bits per heavy atom. The Labute approximate surface area is 166 Å². The van der Waals surface area contributed by atoms with Crippen LogP contribution in [-0.4, -0.2) is 25.4 Å². The summed E-state index contributed by atoms with van der Waals surface area (Å²) >= 11 is 0. The zero-order valence-corrected chi connectivity index (χ0v) is 16.6. The first-order chi connectivity index (χ1) is 13.6. The highest BCUT2D eigenvalue weighted by molar-refractivity contribution is 6.02. The van der Waals surface area contributed by atoms with Crippen LogP contribution in [-0.2, 0) is 5.41 Å². The van der Waals surface area contributed by atoms with Crippen molar-refractivity contribution in [3.8, 4) is 17.3 Å². The predicted octanol–water partition coefficient (Wildman–Crippen LogP) is 3.07. The van der Waals surface area contributed by atoms with Gasteiger partial charge in [-0.15, -0.1) is 0 Å². The number of benzene rings is 1. The Morgan fingerprint density at radius 3 is 2.34 bits per heavy atom. The molecule has 1 amide bonds. The van der Waals surface area contributed by atoms with Crippen molar-refractivity contribution in [1.82, 2.24) is 19.5 Å². The molecular formula is C21H21N5O3. The van der Waals surface area contributed by atoms with Gasteiger partial charge in [0.1, 0.15) is 11.3 Å². The molecule has 4 rings (SSSR count). The van der Waals surface area contributed by atoms with Gasteiger partial charge in [-0.25, -0.2) is 19.3 Å². The van der Waals surface area contributed by atoms with Crippen LogP contribution in [0.4, 0.5) is 0 Å². The second-order valence-corrected chi connectivity index (χ2v) is 7.93. The number of fused-ring (bicyclic) bond motifs is 1. The molecule has 3 aromatic heterocycles. The normalized spacial score (nSPS) is 11.9. The van der Waals surface area contributed by atoms with Crippen molar-refractivity contribution in [2.75, 3.05) is 0 Å². The van der Waals surface area contributed by atoms with Gasteiger partial charge in [0.05, 0.1) is 5.69 Å². The number of furan rings is 1. The van der Waals surface area contributed by atoms with E-state index in [1.54, 1.807) is 19.1 Å². The molecule has 0 saturated heterocycles. The number of carbonyl (C=O) groups excluding carboxylic acids is 1. The number of nitrogens with two attached hydrogens (primary N) is 1.